The predicted molar refractivity (Wildman–Crippen MR) is 238 cm³/mol. The van der Waals surface area contributed by atoms with Gasteiger partial charge in [-0.3, -0.25) is 0 Å². The van der Waals surface area contributed by atoms with Crippen molar-refractivity contribution in [2.45, 2.75) is 10.8 Å². The second-order valence-corrected chi connectivity index (χ2v) is 15.3. The maximum Gasteiger partial charge on any atom is 0.123 e. The highest BCUT2D eigenvalue weighted by molar-refractivity contribution is 6.11. The van der Waals surface area contributed by atoms with E-state index >= 15 is 8.78 Å². The van der Waals surface area contributed by atoms with Gasteiger partial charge in [-0.1, -0.05) is 158 Å². The topological polar surface area (TPSA) is 18.5 Å². The molecule has 0 heterocycles. The van der Waals surface area contributed by atoms with Crippen LogP contribution < -0.4 is 9.47 Å². The van der Waals surface area contributed by atoms with E-state index in [2.05, 4.69) is 121 Å². The largest absolute Gasteiger partial charge is 0.497 e. The maximum absolute atomic E-state index is 16.2. The average Bonchev–Trinajstić information content (AvgIpc) is 3.31. The van der Waals surface area contributed by atoms with Gasteiger partial charge in [0, 0.05) is 0 Å². The molecule has 0 N–H and O–H groups in total. The minimum atomic E-state index is -1.14. The van der Waals surface area contributed by atoms with Crippen molar-refractivity contribution in [3.63, 3.8) is 0 Å². The third kappa shape index (κ3) is 5.51. The van der Waals surface area contributed by atoms with E-state index in [4.69, 9.17) is 9.47 Å². The molecule has 2 unspecified atom stereocenters. The molecule has 1 aliphatic carbocycles. The van der Waals surface area contributed by atoms with Crippen LogP contribution in [0.1, 0.15) is 44.5 Å². The van der Waals surface area contributed by atoms with Crippen LogP contribution in [-0.4, -0.2) is 14.2 Å². The quantitative estimate of drug-likeness (QED) is 0.153. The molecular weight excluding hydrogens is 743 g/mol. The van der Waals surface area contributed by atoms with Gasteiger partial charge in [-0.2, -0.15) is 0 Å². The van der Waals surface area contributed by atoms with Crippen molar-refractivity contribution in [3.8, 4) is 33.8 Å². The summed E-state index contributed by atoms with van der Waals surface area (Å²) < 4.78 is 44.0. The number of ether oxygens (including phenoxy) is 2. The molecule has 10 rings (SSSR count). The molecule has 0 fully saturated rings. The summed E-state index contributed by atoms with van der Waals surface area (Å²) in [6.07, 6.45) is 0. The van der Waals surface area contributed by atoms with Crippen LogP contribution in [0.2, 0.25) is 0 Å². The van der Waals surface area contributed by atoms with Crippen LogP contribution in [-0.2, 0) is 10.8 Å². The first-order chi connectivity index (χ1) is 29.5. The summed E-state index contributed by atoms with van der Waals surface area (Å²) in [7, 11) is 3.33. The van der Waals surface area contributed by atoms with E-state index in [1.54, 1.807) is 38.5 Å². The number of hydrogen-bond acceptors (Lipinski definition) is 2. The van der Waals surface area contributed by atoms with Gasteiger partial charge in [0.1, 0.15) is 23.1 Å². The van der Waals surface area contributed by atoms with Gasteiger partial charge in [0.25, 0.3) is 0 Å². The molecule has 2 atom stereocenters. The third-order valence-corrected chi connectivity index (χ3v) is 12.4. The number of fused-ring (bicyclic) bond motifs is 3. The molecule has 9 aromatic rings. The Morgan fingerprint density at radius 3 is 1.08 bits per heavy atom. The van der Waals surface area contributed by atoms with Gasteiger partial charge in [0.05, 0.1) is 25.0 Å². The van der Waals surface area contributed by atoms with Gasteiger partial charge >= 0.3 is 0 Å². The van der Waals surface area contributed by atoms with E-state index in [9.17, 15) is 0 Å². The fraction of sp³-hybridized carbons (Fsp3) is 0.0714. The first-order valence-corrected chi connectivity index (χ1v) is 20.1. The van der Waals surface area contributed by atoms with Gasteiger partial charge in [0.15, 0.2) is 0 Å². The number of hydrogen-bond donors (Lipinski definition) is 0. The fourth-order valence-electron chi connectivity index (χ4n) is 10.1. The molecule has 60 heavy (non-hydrogen) atoms. The normalized spacial score (nSPS) is 16.8. The van der Waals surface area contributed by atoms with Gasteiger partial charge in [-0.25, -0.2) is 8.78 Å². The van der Waals surface area contributed by atoms with E-state index in [-0.39, 0.29) is 11.6 Å². The molecule has 2 nitrogen and oxygen atoms in total. The van der Waals surface area contributed by atoms with Crippen molar-refractivity contribution in [2.24, 2.45) is 0 Å². The fourth-order valence-corrected chi connectivity index (χ4v) is 10.1. The second kappa shape index (κ2) is 14.8. The Hall–Kier alpha value is -7.30. The molecule has 0 aromatic heterocycles. The molecule has 0 bridgehead atoms. The van der Waals surface area contributed by atoms with Crippen molar-refractivity contribution < 1.29 is 18.3 Å². The summed E-state index contributed by atoms with van der Waals surface area (Å²) in [6.45, 7) is 0. The van der Waals surface area contributed by atoms with Gasteiger partial charge in [-0.15, -0.1) is 0 Å². The van der Waals surface area contributed by atoms with Crippen LogP contribution in [0.25, 0.3) is 33.0 Å². The molecule has 1 aliphatic rings. The standard InChI is InChI=1S/C56H40F2O2/c1-59-45-31-27-39(28-32-45)55(41-19-13-21-43(57)35-41)49-25-11-12-26-50(49)56(42-20-14-22-44(58)36-42,40-29-33-46(60-2)34-30-40)54-52(38-17-7-4-8-18-38)48-24-10-9-23-47(48)51(53(54)55)37-15-5-3-6-16-37/h3-36H,1-2H3. The Balaban J connectivity index is 1.59. The Morgan fingerprint density at radius 1 is 0.350 bits per heavy atom. The lowest BCUT2D eigenvalue weighted by atomic mass is 9.48. The zero-order valence-corrected chi connectivity index (χ0v) is 33.2. The smallest absolute Gasteiger partial charge is 0.123 e. The summed E-state index contributed by atoms with van der Waals surface area (Å²) in [5.41, 5.74) is 8.95. The Labute approximate surface area is 349 Å². The van der Waals surface area contributed by atoms with Gasteiger partial charge in [0.2, 0.25) is 0 Å². The zero-order chi connectivity index (χ0) is 40.8. The average molecular weight is 783 g/mol. The highest BCUT2D eigenvalue weighted by Gasteiger charge is 2.56. The number of methoxy groups -OCH3 is 2. The van der Waals surface area contributed by atoms with E-state index in [0.717, 1.165) is 77.5 Å². The predicted octanol–water partition coefficient (Wildman–Crippen LogP) is 13.5. The first kappa shape index (κ1) is 37.0. The molecule has 0 radical (unpaired) electrons. The Bertz CT molecular complexity index is 2810. The molecule has 0 amide bonds. The van der Waals surface area contributed by atoms with Crippen LogP contribution in [0.3, 0.4) is 0 Å². The summed E-state index contributed by atoms with van der Waals surface area (Å²) >= 11 is 0. The van der Waals surface area contributed by atoms with Crippen LogP contribution in [0.5, 0.6) is 11.5 Å². The van der Waals surface area contributed by atoms with E-state index < -0.39 is 10.8 Å². The zero-order valence-electron chi connectivity index (χ0n) is 33.2. The molecule has 0 spiro atoms. The Morgan fingerprint density at radius 2 is 0.717 bits per heavy atom. The van der Waals surface area contributed by atoms with Crippen LogP contribution in [0.15, 0.2) is 206 Å². The van der Waals surface area contributed by atoms with Crippen molar-refractivity contribution in [1.29, 1.82) is 0 Å². The highest BCUT2D eigenvalue weighted by Crippen LogP contribution is 2.65. The minimum Gasteiger partial charge on any atom is -0.497 e. The SMILES string of the molecule is COc1ccc(C2(c3cccc(F)c3)c3ccccc3C(c3ccc(OC)cc3)(c3cccc(F)c3)c3c2c(-c2ccccc2)c2ccccc2c3-c2ccccc2)cc1. The highest BCUT2D eigenvalue weighted by atomic mass is 19.1. The van der Waals surface area contributed by atoms with Crippen molar-refractivity contribution in [3.05, 3.63) is 262 Å². The van der Waals surface area contributed by atoms with Crippen LogP contribution >= 0.6 is 0 Å². The van der Waals surface area contributed by atoms with E-state index in [1.165, 1.54) is 12.1 Å². The molecule has 0 saturated heterocycles. The maximum atomic E-state index is 16.2. The van der Waals surface area contributed by atoms with Crippen molar-refractivity contribution in [1.82, 2.24) is 0 Å². The summed E-state index contributed by atoms with van der Waals surface area (Å²) in [6, 6.07) is 68.5. The number of rotatable bonds is 8. The van der Waals surface area contributed by atoms with Crippen molar-refractivity contribution >= 4 is 10.8 Å². The molecule has 0 saturated carbocycles. The summed E-state index contributed by atoms with van der Waals surface area (Å²) in [5.74, 6) is 0.719. The van der Waals surface area contributed by atoms with Crippen LogP contribution in [0, 0.1) is 11.6 Å². The first-order valence-electron chi connectivity index (χ1n) is 20.1. The minimum absolute atomic E-state index is 0.345. The third-order valence-electron chi connectivity index (χ3n) is 12.4. The van der Waals surface area contributed by atoms with E-state index in [1.807, 2.05) is 48.5 Å². The Kier molecular flexibility index (Phi) is 9.14. The molecule has 290 valence electrons. The lowest BCUT2D eigenvalue weighted by Gasteiger charge is -2.53. The summed E-state index contributed by atoms with van der Waals surface area (Å²) in [5, 5.41) is 2.08. The van der Waals surface area contributed by atoms with E-state index in [0.29, 0.717) is 11.5 Å². The summed E-state index contributed by atoms with van der Waals surface area (Å²) in [4.78, 5) is 0. The monoisotopic (exact) mass is 782 g/mol. The molecular formula is C56H40F2O2. The number of halogens is 2. The lowest BCUT2D eigenvalue weighted by Crippen LogP contribution is -2.46. The van der Waals surface area contributed by atoms with Gasteiger partial charge in [-0.05, 0) is 126 Å². The second-order valence-electron chi connectivity index (χ2n) is 15.3. The molecule has 9 aromatic carbocycles. The lowest BCUT2D eigenvalue weighted by molar-refractivity contribution is 0.414. The molecule has 4 heteroatoms. The van der Waals surface area contributed by atoms with Gasteiger partial charge < -0.3 is 9.47 Å². The van der Waals surface area contributed by atoms with Crippen molar-refractivity contribution in [2.75, 3.05) is 14.2 Å². The van der Waals surface area contributed by atoms with Crippen LogP contribution in [0.4, 0.5) is 8.78 Å². The molecule has 0 aliphatic heterocycles. The number of benzene rings is 9.